The summed E-state index contributed by atoms with van der Waals surface area (Å²) in [6, 6.07) is 24.1. The molecule has 0 radical (unpaired) electrons. The van der Waals surface area contributed by atoms with E-state index in [0.717, 1.165) is 11.1 Å². The fourth-order valence-electron chi connectivity index (χ4n) is 6.27. The van der Waals surface area contributed by atoms with Crippen molar-refractivity contribution in [2.45, 2.75) is 57.5 Å². The normalized spacial score (nSPS) is 20.3. The van der Waals surface area contributed by atoms with Gasteiger partial charge in [0.15, 0.2) is 11.8 Å². The molecule has 0 saturated carbocycles. The van der Waals surface area contributed by atoms with Gasteiger partial charge in [-0.2, -0.15) is 0 Å². The van der Waals surface area contributed by atoms with E-state index >= 15 is 0 Å². The average Bonchev–Trinajstić information content (AvgIpc) is 3.62. The average molecular weight is 636 g/mol. The van der Waals surface area contributed by atoms with Crippen LogP contribution in [-0.4, -0.2) is 55.8 Å². The van der Waals surface area contributed by atoms with E-state index in [0.29, 0.717) is 35.6 Å². The number of fused-ring (bicyclic) bond motifs is 1. The third-order valence-corrected chi connectivity index (χ3v) is 8.85. The first kappa shape index (κ1) is 31.8. The van der Waals surface area contributed by atoms with Gasteiger partial charge < -0.3 is 19.8 Å². The zero-order chi connectivity index (χ0) is 33.1. The van der Waals surface area contributed by atoms with Gasteiger partial charge in [-0.05, 0) is 35.7 Å². The molecule has 3 heterocycles. The van der Waals surface area contributed by atoms with Gasteiger partial charge in [0.05, 0.1) is 36.9 Å². The number of β-lactam (4-membered cyclic amide) rings is 1. The minimum Gasteiger partial charge on any atom is -0.441 e. The summed E-state index contributed by atoms with van der Waals surface area (Å²) in [4.78, 5) is 40.5. The molecule has 242 valence electrons. The van der Waals surface area contributed by atoms with Crippen LogP contribution < -0.4 is 9.80 Å². The van der Waals surface area contributed by atoms with Gasteiger partial charge in [0.1, 0.15) is 0 Å². The van der Waals surface area contributed by atoms with E-state index in [9.17, 15) is 24.6 Å². The zero-order valence-corrected chi connectivity index (χ0v) is 26.3. The minimum atomic E-state index is -1.75. The number of hydrogen-bond donors (Lipinski definition) is 2. The smallest absolute Gasteiger partial charge is 0.304 e. The van der Waals surface area contributed by atoms with Crippen molar-refractivity contribution in [2.24, 2.45) is 5.92 Å². The summed E-state index contributed by atoms with van der Waals surface area (Å²) in [5.41, 5.74) is 2.51. The van der Waals surface area contributed by atoms with E-state index in [4.69, 9.17) is 4.74 Å². The van der Waals surface area contributed by atoms with Crippen LogP contribution >= 0.6 is 0 Å². The Kier molecular flexibility index (Phi) is 9.01. The summed E-state index contributed by atoms with van der Waals surface area (Å²) in [5, 5.41) is 30.4. The van der Waals surface area contributed by atoms with Gasteiger partial charge in [0.25, 0.3) is 5.91 Å². The number of anilines is 2. The predicted molar refractivity (Wildman–Crippen MR) is 174 cm³/mol. The van der Waals surface area contributed by atoms with Gasteiger partial charge in [0, 0.05) is 36.8 Å². The molecule has 6 rings (SSSR count). The molecule has 2 unspecified atom stereocenters. The van der Waals surface area contributed by atoms with Crippen LogP contribution in [0, 0.1) is 5.92 Å². The first-order chi connectivity index (χ1) is 22.7. The van der Waals surface area contributed by atoms with Crippen molar-refractivity contribution in [3.63, 3.8) is 0 Å². The molecule has 0 aliphatic carbocycles. The number of hydrogen-bond acceptors (Lipinski definition) is 8. The third-order valence-electron chi connectivity index (χ3n) is 8.85. The second-order valence-electron chi connectivity index (χ2n) is 11.9. The quantitative estimate of drug-likeness (QED) is 0.135. The van der Waals surface area contributed by atoms with E-state index in [1.807, 2.05) is 85.9 Å². The topological polar surface area (TPSA) is 138 Å². The lowest BCUT2D eigenvalue weighted by Crippen LogP contribution is -2.54. The van der Waals surface area contributed by atoms with Crippen molar-refractivity contribution >= 4 is 29.2 Å². The maximum atomic E-state index is 13.9. The Balaban J connectivity index is 1.11. The number of aliphatic hydroxyl groups excluding tert-OH is 1. The molecule has 1 fully saturated rings. The first-order valence-electron chi connectivity index (χ1n) is 15.6. The lowest BCUT2D eigenvalue weighted by atomic mass is 9.83. The van der Waals surface area contributed by atoms with Crippen molar-refractivity contribution in [2.75, 3.05) is 16.4 Å². The van der Waals surface area contributed by atoms with Crippen LogP contribution in [0.3, 0.4) is 0 Å². The molecule has 2 aliphatic heterocycles. The SMILES string of the molecule is CC(=O)OC1CC(=O)N1c1ccc(CN2C(=O)[C@](O)([C@H](C)/C=C/CCn3cc(C(CO)c4ccccc4)nn3)c3ccccc32)cc1. The fraction of sp³-hybridized carbons (Fsp3) is 0.306. The molecular weight excluding hydrogens is 598 g/mol. The molecular formula is C36H37N5O6. The van der Waals surface area contributed by atoms with Crippen LogP contribution in [-0.2, 0) is 37.8 Å². The second-order valence-corrected chi connectivity index (χ2v) is 11.9. The number of nitrogens with zero attached hydrogens (tertiary/aromatic N) is 5. The molecule has 11 heteroatoms. The first-order valence-corrected chi connectivity index (χ1v) is 15.6. The van der Waals surface area contributed by atoms with Crippen molar-refractivity contribution in [3.05, 3.63) is 120 Å². The molecule has 2 aliphatic rings. The Morgan fingerprint density at radius 3 is 2.49 bits per heavy atom. The predicted octanol–water partition coefficient (Wildman–Crippen LogP) is 4.05. The largest absolute Gasteiger partial charge is 0.441 e. The Bertz CT molecular complexity index is 1790. The number of amides is 2. The summed E-state index contributed by atoms with van der Waals surface area (Å²) in [7, 11) is 0. The maximum absolute atomic E-state index is 13.9. The van der Waals surface area contributed by atoms with Gasteiger partial charge in [0.2, 0.25) is 5.91 Å². The molecule has 2 N–H and O–H groups in total. The monoisotopic (exact) mass is 635 g/mol. The minimum absolute atomic E-state index is 0.0752. The Morgan fingerprint density at radius 2 is 1.79 bits per heavy atom. The molecule has 3 aromatic carbocycles. The number of allylic oxidation sites excluding steroid dienone is 1. The summed E-state index contributed by atoms with van der Waals surface area (Å²) in [6.45, 7) is 3.82. The zero-order valence-electron chi connectivity index (χ0n) is 26.3. The summed E-state index contributed by atoms with van der Waals surface area (Å²) in [6.07, 6.45) is 5.75. The van der Waals surface area contributed by atoms with Crippen LogP contribution in [0.4, 0.5) is 11.4 Å². The van der Waals surface area contributed by atoms with Crippen molar-refractivity contribution in [3.8, 4) is 0 Å². The molecule has 11 nitrogen and oxygen atoms in total. The molecule has 4 aromatic rings. The number of esters is 1. The molecule has 2 amide bonds. The number of carbonyl (C=O) groups excluding carboxylic acids is 3. The van der Waals surface area contributed by atoms with E-state index in [-0.39, 0.29) is 31.4 Å². The van der Waals surface area contributed by atoms with Crippen molar-refractivity contribution < 1.29 is 29.3 Å². The van der Waals surface area contributed by atoms with Crippen LogP contribution in [0.2, 0.25) is 0 Å². The molecule has 4 atom stereocenters. The fourth-order valence-corrected chi connectivity index (χ4v) is 6.27. The maximum Gasteiger partial charge on any atom is 0.304 e. The molecule has 0 bridgehead atoms. The lowest BCUT2D eigenvalue weighted by Gasteiger charge is -2.39. The van der Waals surface area contributed by atoms with Gasteiger partial charge >= 0.3 is 5.97 Å². The van der Waals surface area contributed by atoms with Crippen molar-refractivity contribution in [1.29, 1.82) is 0 Å². The van der Waals surface area contributed by atoms with E-state index < -0.39 is 29.6 Å². The summed E-state index contributed by atoms with van der Waals surface area (Å²) in [5.74, 6) is -1.78. The Morgan fingerprint density at radius 1 is 1.06 bits per heavy atom. The lowest BCUT2D eigenvalue weighted by molar-refractivity contribution is -0.153. The van der Waals surface area contributed by atoms with Crippen LogP contribution in [0.5, 0.6) is 0 Å². The number of rotatable bonds is 12. The highest BCUT2D eigenvalue weighted by atomic mass is 16.6. The Labute approximate surface area is 272 Å². The van der Waals surface area contributed by atoms with E-state index in [1.54, 1.807) is 27.8 Å². The summed E-state index contributed by atoms with van der Waals surface area (Å²) < 4.78 is 6.94. The van der Waals surface area contributed by atoms with Crippen LogP contribution in [0.15, 0.2) is 97.2 Å². The molecule has 1 saturated heterocycles. The number of carbonyl (C=O) groups is 3. The summed E-state index contributed by atoms with van der Waals surface area (Å²) >= 11 is 0. The highest BCUT2D eigenvalue weighted by molar-refractivity contribution is 6.07. The van der Waals surface area contributed by atoms with Gasteiger partial charge in [-0.1, -0.05) is 85.0 Å². The molecule has 47 heavy (non-hydrogen) atoms. The number of para-hydroxylation sites is 1. The van der Waals surface area contributed by atoms with Crippen molar-refractivity contribution in [1.82, 2.24) is 15.0 Å². The van der Waals surface area contributed by atoms with Crippen LogP contribution in [0.25, 0.3) is 0 Å². The van der Waals surface area contributed by atoms with Gasteiger partial charge in [-0.15, -0.1) is 5.10 Å². The molecule has 1 aromatic heterocycles. The number of aliphatic hydroxyl groups is 2. The standard InChI is InChI=1S/C36H37N5O6/c1-24(10-8-9-19-39-22-31(37-38-39)29(23-42)27-11-4-3-5-12-27)36(46)30-13-6-7-14-32(30)40(35(36)45)21-26-15-17-28(18-16-26)41-33(44)20-34(41)47-25(2)43/h3-8,10-18,22,24,29,34,42,46H,9,19-21,23H2,1-2H3/b10-8+/t24-,29?,34?,36+/m1/s1. The van der Waals surface area contributed by atoms with Gasteiger partial charge in [-0.3, -0.25) is 24.0 Å². The van der Waals surface area contributed by atoms with E-state index in [1.165, 1.54) is 11.8 Å². The highest BCUT2D eigenvalue weighted by Crippen LogP contribution is 2.45. The van der Waals surface area contributed by atoms with E-state index in [2.05, 4.69) is 10.3 Å². The number of aromatic nitrogens is 3. The number of benzene rings is 3. The van der Waals surface area contributed by atoms with Gasteiger partial charge in [-0.25, -0.2) is 0 Å². The number of aryl methyl sites for hydroxylation is 1. The second kappa shape index (κ2) is 13.3. The Hall–Kier alpha value is -5.13. The van der Waals surface area contributed by atoms with Crippen LogP contribution in [0.1, 0.15) is 55.0 Å². The number of ether oxygens (including phenoxy) is 1. The third kappa shape index (κ3) is 6.19. The molecule has 0 spiro atoms. The highest BCUT2D eigenvalue weighted by Gasteiger charge is 2.52.